The number of carbonyl (C=O) groups is 2. The molecule has 40 heavy (non-hydrogen) atoms. The van der Waals surface area contributed by atoms with Crippen LogP contribution < -0.4 is 10.8 Å². The number of aromatic nitrogens is 1. The molecule has 208 valence electrons. The van der Waals surface area contributed by atoms with Gasteiger partial charge in [0.05, 0.1) is 13.2 Å². The molecule has 1 N–H and O–H groups in total. The van der Waals surface area contributed by atoms with Gasteiger partial charge in [0.2, 0.25) is 0 Å². The van der Waals surface area contributed by atoms with Crippen molar-refractivity contribution in [2.24, 2.45) is 12.0 Å². The van der Waals surface area contributed by atoms with E-state index in [1.165, 1.54) is 0 Å². The number of piperidine rings is 1. The maximum absolute atomic E-state index is 13.5. The molecule has 2 aromatic carbocycles. The zero-order valence-corrected chi connectivity index (χ0v) is 22.7. The monoisotopic (exact) mass is 543 g/mol. The third-order valence-electron chi connectivity index (χ3n) is 7.26. The van der Waals surface area contributed by atoms with Crippen molar-refractivity contribution in [3.63, 3.8) is 0 Å². The van der Waals surface area contributed by atoms with Crippen molar-refractivity contribution in [2.75, 3.05) is 44.7 Å². The highest BCUT2D eigenvalue weighted by atomic mass is 19.1. The van der Waals surface area contributed by atoms with E-state index in [1.807, 2.05) is 66.3 Å². The minimum absolute atomic E-state index is 0.00337. The van der Waals surface area contributed by atoms with Gasteiger partial charge in [0, 0.05) is 61.8 Å². The molecule has 0 spiro atoms. The molecule has 2 fully saturated rings. The number of hydrogen-bond donors (Lipinski definition) is 1. The lowest BCUT2D eigenvalue weighted by Gasteiger charge is -2.28. The Bertz CT molecular complexity index is 1440. The number of pyridine rings is 1. The van der Waals surface area contributed by atoms with Crippen molar-refractivity contribution < 1.29 is 18.7 Å². The molecule has 2 saturated heterocycles. The molecular weight excluding hydrogens is 509 g/mol. The van der Waals surface area contributed by atoms with Crippen molar-refractivity contribution in [2.45, 2.75) is 19.0 Å². The fourth-order valence-corrected chi connectivity index (χ4v) is 4.96. The normalized spacial score (nSPS) is 16.6. The van der Waals surface area contributed by atoms with Crippen LogP contribution in [0.15, 0.2) is 84.3 Å². The zero-order chi connectivity index (χ0) is 28.1. The van der Waals surface area contributed by atoms with E-state index in [0.29, 0.717) is 74.7 Å². The molecule has 0 radical (unpaired) electrons. The van der Waals surface area contributed by atoms with E-state index in [4.69, 9.17) is 9.73 Å². The molecule has 9 heteroatoms. The number of morpholine rings is 1. The molecule has 0 atom stereocenters. The maximum Gasteiger partial charge on any atom is 0.254 e. The number of anilines is 1. The highest BCUT2D eigenvalue weighted by molar-refractivity contribution is 5.95. The Morgan fingerprint density at radius 3 is 2.10 bits per heavy atom. The number of aryl methyl sites for hydroxylation is 1. The first kappa shape index (κ1) is 27.3. The van der Waals surface area contributed by atoms with Crippen LogP contribution in [-0.4, -0.2) is 71.7 Å². The smallest absolute Gasteiger partial charge is 0.254 e. The van der Waals surface area contributed by atoms with Gasteiger partial charge < -0.3 is 24.4 Å². The maximum atomic E-state index is 13.5. The van der Waals surface area contributed by atoms with Crippen LogP contribution >= 0.6 is 0 Å². The predicted molar refractivity (Wildman–Crippen MR) is 152 cm³/mol. The third kappa shape index (κ3) is 6.31. The Hall–Kier alpha value is -4.24. The summed E-state index contributed by atoms with van der Waals surface area (Å²) in [5.41, 5.74) is 4.47. The summed E-state index contributed by atoms with van der Waals surface area (Å²) in [6.07, 6.45) is 1.88. The summed E-state index contributed by atoms with van der Waals surface area (Å²) < 4.78 is 20.7. The number of alkyl halides is 1. The molecule has 2 aliphatic rings. The Labute approximate surface area is 233 Å². The second-order valence-corrected chi connectivity index (χ2v) is 10.1. The number of rotatable bonds is 6. The van der Waals surface area contributed by atoms with Gasteiger partial charge in [-0.25, -0.2) is 9.38 Å². The molecule has 5 rings (SSSR count). The zero-order valence-electron chi connectivity index (χ0n) is 22.7. The molecule has 2 aliphatic heterocycles. The van der Waals surface area contributed by atoms with E-state index in [0.717, 1.165) is 16.8 Å². The Kier molecular flexibility index (Phi) is 8.40. The summed E-state index contributed by atoms with van der Waals surface area (Å²) in [6.45, 7) is 7.31. The number of halogens is 1. The third-order valence-corrected chi connectivity index (χ3v) is 7.26. The summed E-state index contributed by atoms with van der Waals surface area (Å²) >= 11 is 0. The number of nitrogens with one attached hydrogen (secondary N) is 1. The van der Waals surface area contributed by atoms with Crippen LogP contribution in [0.25, 0.3) is 11.1 Å². The van der Waals surface area contributed by atoms with Crippen molar-refractivity contribution in [3.8, 4) is 11.1 Å². The Morgan fingerprint density at radius 2 is 1.48 bits per heavy atom. The average Bonchev–Trinajstić information content (AvgIpc) is 2.99. The molecule has 3 heterocycles. The van der Waals surface area contributed by atoms with Gasteiger partial charge in [-0.3, -0.25) is 9.59 Å². The van der Waals surface area contributed by atoms with Gasteiger partial charge in [-0.1, -0.05) is 18.7 Å². The van der Waals surface area contributed by atoms with Gasteiger partial charge in [0.25, 0.3) is 11.8 Å². The van der Waals surface area contributed by atoms with E-state index in [-0.39, 0.29) is 11.8 Å². The fraction of sp³-hybridized carbons (Fsp3) is 0.323. The van der Waals surface area contributed by atoms with Crippen LogP contribution in [0, 0.1) is 0 Å². The number of carbonyl (C=O) groups excluding carboxylic acids is 2. The van der Waals surface area contributed by atoms with E-state index >= 15 is 0 Å². The first-order valence-electron chi connectivity index (χ1n) is 13.6. The lowest BCUT2D eigenvalue weighted by atomic mass is 10.0. The van der Waals surface area contributed by atoms with Gasteiger partial charge in [-0.15, -0.1) is 0 Å². The standard InChI is InChI=1S/C31H34FN5O3/c1-22(33-27-11-9-25(10-12-27)31(39)37-18-20-40-21-19-37)34-29-28(4-3-15-35(29)2)23-5-7-24(8-6-23)30(38)36-16-13-26(32)14-17-36/h3-12,15,26,33H,1,13-14,16-21H2,2H3. The molecular formula is C31H34FN5O3. The minimum Gasteiger partial charge on any atom is -0.378 e. The fourth-order valence-electron chi connectivity index (χ4n) is 4.96. The number of amides is 2. The van der Waals surface area contributed by atoms with Crippen LogP contribution in [0.2, 0.25) is 0 Å². The number of benzene rings is 2. The minimum atomic E-state index is -0.819. The molecule has 3 aromatic rings. The summed E-state index contributed by atoms with van der Waals surface area (Å²) in [5, 5.41) is 3.21. The van der Waals surface area contributed by atoms with Gasteiger partial charge in [0.15, 0.2) is 0 Å². The van der Waals surface area contributed by atoms with Crippen LogP contribution in [0.1, 0.15) is 33.6 Å². The Morgan fingerprint density at radius 1 is 0.900 bits per heavy atom. The second kappa shape index (κ2) is 12.3. The highest BCUT2D eigenvalue weighted by Crippen LogP contribution is 2.20. The summed E-state index contributed by atoms with van der Waals surface area (Å²) in [4.78, 5) is 33.9. The molecule has 8 nitrogen and oxygen atoms in total. The molecule has 1 aromatic heterocycles. The second-order valence-electron chi connectivity index (χ2n) is 10.1. The summed E-state index contributed by atoms with van der Waals surface area (Å²) in [7, 11) is 1.91. The van der Waals surface area contributed by atoms with E-state index in [2.05, 4.69) is 11.9 Å². The van der Waals surface area contributed by atoms with Crippen molar-refractivity contribution in [1.82, 2.24) is 14.4 Å². The van der Waals surface area contributed by atoms with Crippen molar-refractivity contribution >= 4 is 17.5 Å². The predicted octanol–water partition coefficient (Wildman–Crippen LogP) is 4.22. The van der Waals surface area contributed by atoms with Crippen LogP contribution in [0.5, 0.6) is 0 Å². The topological polar surface area (TPSA) is 79.2 Å². The van der Waals surface area contributed by atoms with Crippen LogP contribution in [-0.2, 0) is 11.8 Å². The molecule has 0 saturated carbocycles. The lowest BCUT2D eigenvalue weighted by Crippen LogP contribution is -2.40. The van der Waals surface area contributed by atoms with Gasteiger partial charge >= 0.3 is 0 Å². The largest absolute Gasteiger partial charge is 0.378 e. The van der Waals surface area contributed by atoms with Crippen LogP contribution in [0.4, 0.5) is 10.1 Å². The van der Waals surface area contributed by atoms with Crippen molar-refractivity contribution in [3.05, 3.63) is 95.9 Å². The van der Waals surface area contributed by atoms with Gasteiger partial charge in [0.1, 0.15) is 17.5 Å². The van der Waals surface area contributed by atoms with Gasteiger partial charge in [-0.2, -0.15) is 0 Å². The lowest BCUT2D eigenvalue weighted by molar-refractivity contribution is 0.0303. The molecule has 0 bridgehead atoms. The summed E-state index contributed by atoms with van der Waals surface area (Å²) in [5.74, 6) is 0.368. The molecule has 0 aliphatic carbocycles. The first-order chi connectivity index (χ1) is 19.4. The summed E-state index contributed by atoms with van der Waals surface area (Å²) in [6, 6.07) is 18.6. The first-order valence-corrected chi connectivity index (χ1v) is 13.6. The number of ether oxygens (including phenoxy) is 1. The average molecular weight is 544 g/mol. The van der Waals surface area contributed by atoms with Crippen LogP contribution in [0.3, 0.4) is 0 Å². The van der Waals surface area contributed by atoms with Crippen molar-refractivity contribution in [1.29, 1.82) is 0 Å². The molecule has 0 unspecified atom stereocenters. The quantitative estimate of drug-likeness (QED) is 0.505. The molecule has 2 amide bonds. The number of hydrogen-bond acceptors (Lipinski definition) is 5. The number of likely N-dealkylation sites (tertiary alicyclic amines) is 1. The van der Waals surface area contributed by atoms with E-state index < -0.39 is 6.17 Å². The van der Waals surface area contributed by atoms with E-state index in [1.54, 1.807) is 21.9 Å². The number of nitrogens with zero attached hydrogens (tertiary/aromatic N) is 4. The SMILES string of the molecule is C=C(N=c1c(-c2ccc(C(=O)N3CCC(F)CC3)cc2)cccn1C)Nc1ccc(C(=O)N2CCOCC2)cc1. The van der Waals surface area contributed by atoms with E-state index in [9.17, 15) is 14.0 Å². The Balaban J connectivity index is 1.30. The van der Waals surface area contributed by atoms with Gasteiger partial charge in [-0.05, 0) is 66.9 Å². The highest BCUT2D eigenvalue weighted by Gasteiger charge is 2.23.